The lowest BCUT2D eigenvalue weighted by Crippen LogP contribution is -2.31. The first-order valence-electron chi connectivity index (χ1n) is 9.70. The number of carbonyl (C=O) groups excluding carboxylic acids is 2. The quantitative estimate of drug-likeness (QED) is 0.482. The highest BCUT2D eigenvalue weighted by molar-refractivity contribution is 6.31. The summed E-state index contributed by atoms with van der Waals surface area (Å²) in [7, 11) is 0. The second-order valence-electron chi connectivity index (χ2n) is 6.75. The zero-order chi connectivity index (χ0) is 22.1. The Kier molecular flexibility index (Phi) is 7.63. The molecule has 3 amide bonds. The summed E-state index contributed by atoms with van der Waals surface area (Å²) >= 11 is 6.39. The average Bonchev–Trinajstić information content (AvgIpc) is 2.77. The van der Waals surface area contributed by atoms with Crippen LogP contribution in [0.3, 0.4) is 0 Å². The summed E-state index contributed by atoms with van der Waals surface area (Å²) in [6.07, 6.45) is 0.104. The fourth-order valence-electron chi connectivity index (χ4n) is 3.02. The number of carbonyl (C=O) groups is 2. The van der Waals surface area contributed by atoms with Crippen molar-refractivity contribution in [2.24, 2.45) is 0 Å². The van der Waals surface area contributed by atoms with Crippen molar-refractivity contribution < 1.29 is 9.59 Å². The third-order valence-corrected chi connectivity index (χ3v) is 4.85. The van der Waals surface area contributed by atoms with E-state index >= 15 is 0 Å². The molecule has 3 aromatic carbocycles. The van der Waals surface area contributed by atoms with Crippen LogP contribution in [-0.2, 0) is 4.79 Å². The van der Waals surface area contributed by atoms with Crippen molar-refractivity contribution in [1.29, 1.82) is 5.26 Å². The van der Waals surface area contributed by atoms with Crippen LogP contribution in [0.15, 0.2) is 78.9 Å². The Bertz CT molecular complexity index is 1080. The third kappa shape index (κ3) is 6.33. The fourth-order valence-corrected chi connectivity index (χ4v) is 3.31. The van der Waals surface area contributed by atoms with Gasteiger partial charge in [-0.05, 0) is 35.4 Å². The molecule has 31 heavy (non-hydrogen) atoms. The van der Waals surface area contributed by atoms with E-state index in [1.807, 2.05) is 48.5 Å². The molecule has 7 heteroatoms. The largest absolute Gasteiger partial charge is 0.337 e. The molecule has 0 aliphatic heterocycles. The minimum Gasteiger partial charge on any atom is -0.337 e. The van der Waals surface area contributed by atoms with Crippen molar-refractivity contribution in [2.45, 2.75) is 12.3 Å². The summed E-state index contributed by atoms with van der Waals surface area (Å²) in [5.41, 5.74) is 2.72. The van der Waals surface area contributed by atoms with Crippen LogP contribution >= 0.6 is 11.6 Å². The molecule has 0 aliphatic rings. The summed E-state index contributed by atoms with van der Waals surface area (Å²) in [6, 6.07) is 25.4. The number of halogens is 1. The lowest BCUT2D eigenvalue weighted by Gasteiger charge is -2.13. The normalized spacial score (nSPS) is 11.1. The maximum absolute atomic E-state index is 12.2. The highest BCUT2D eigenvalue weighted by atomic mass is 35.5. The van der Waals surface area contributed by atoms with Gasteiger partial charge < -0.3 is 16.0 Å². The van der Waals surface area contributed by atoms with Gasteiger partial charge in [0, 0.05) is 29.4 Å². The maximum atomic E-state index is 12.2. The number of nitriles is 1. The van der Waals surface area contributed by atoms with E-state index in [0.717, 1.165) is 5.56 Å². The number of anilines is 2. The molecule has 3 N–H and O–H groups in total. The van der Waals surface area contributed by atoms with Gasteiger partial charge in [-0.2, -0.15) is 5.26 Å². The van der Waals surface area contributed by atoms with Gasteiger partial charge in [-0.15, -0.1) is 0 Å². The standard InChI is InChI=1S/C24H21ClN4O2/c25-22-15-19(11-12-20(22)21(16-26)17-7-3-1-4-8-17)28-23(30)13-14-27-24(31)29-18-9-5-2-6-10-18/h1-12,15,21H,13-14H2,(H,28,30)(H2,27,29,31). The van der Waals surface area contributed by atoms with Gasteiger partial charge >= 0.3 is 6.03 Å². The minimum absolute atomic E-state index is 0.104. The fraction of sp³-hybridized carbons (Fsp3) is 0.125. The van der Waals surface area contributed by atoms with E-state index in [9.17, 15) is 14.9 Å². The molecule has 3 aromatic rings. The van der Waals surface area contributed by atoms with Crippen LogP contribution in [0, 0.1) is 11.3 Å². The molecule has 6 nitrogen and oxygen atoms in total. The Morgan fingerprint density at radius 2 is 1.58 bits per heavy atom. The zero-order valence-electron chi connectivity index (χ0n) is 16.6. The number of urea groups is 1. The molecule has 156 valence electrons. The Morgan fingerprint density at radius 1 is 0.903 bits per heavy atom. The molecular weight excluding hydrogens is 412 g/mol. The lowest BCUT2D eigenvalue weighted by atomic mass is 9.92. The number of para-hydroxylation sites is 1. The summed E-state index contributed by atoms with van der Waals surface area (Å²) in [6.45, 7) is 0.181. The molecule has 0 bridgehead atoms. The molecule has 3 rings (SSSR count). The van der Waals surface area contributed by atoms with E-state index in [0.29, 0.717) is 22.0 Å². The molecule has 1 unspecified atom stereocenters. The van der Waals surface area contributed by atoms with E-state index in [4.69, 9.17) is 11.6 Å². The van der Waals surface area contributed by atoms with Gasteiger partial charge in [0.2, 0.25) is 5.91 Å². The number of nitrogens with zero attached hydrogens (tertiary/aromatic N) is 1. The van der Waals surface area contributed by atoms with Gasteiger partial charge in [-0.1, -0.05) is 66.2 Å². The average molecular weight is 433 g/mol. The van der Waals surface area contributed by atoms with Gasteiger partial charge in [0.05, 0.1) is 12.0 Å². The van der Waals surface area contributed by atoms with Crippen LogP contribution in [-0.4, -0.2) is 18.5 Å². The maximum Gasteiger partial charge on any atom is 0.319 e. The van der Waals surface area contributed by atoms with Crippen LogP contribution < -0.4 is 16.0 Å². The smallest absolute Gasteiger partial charge is 0.319 e. The minimum atomic E-state index is -0.495. The van der Waals surface area contributed by atoms with Crippen molar-refractivity contribution in [2.75, 3.05) is 17.2 Å². The van der Waals surface area contributed by atoms with E-state index in [1.165, 1.54) is 0 Å². The van der Waals surface area contributed by atoms with Gasteiger partial charge in [0.1, 0.15) is 0 Å². The van der Waals surface area contributed by atoms with Crippen LogP contribution in [0.4, 0.5) is 16.2 Å². The van der Waals surface area contributed by atoms with Crippen molar-refractivity contribution in [1.82, 2.24) is 5.32 Å². The van der Waals surface area contributed by atoms with E-state index in [-0.39, 0.29) is 24.9 Å². The molecular formula is C24H21ClN4O2. The molecule has 0 spiro atoms. The molecule has 1 atom stereocenters. The van der Waals surface area contributed by atoms with Crippen LogP contribution in [0.5, 0.6) is 0 Å². The number of nitrogens with one attached hydrogen (secondary N) is 3. The highest BCUT2D eigenvalue weighted by Gasteiger charge is 2.17. The first-order chi connectivity index (χ1) is 15.1. The van der Waals surface area contributed by atoms with Crippen LogP contribution in [0.25, 0.3) is 0 Å². The van der Waals surface area contributed by atoms with Gasteiger partial charge in [0.15, 0.2) is 0 Å². The van der Waals surface area contributed by atoms with E-state index < -0.39 is 5.92 Å². The molecule has 0 heterocycles. The number of rotatable bonds is 7. The van der Waals surface area contributed by atoms with E-state index in [1.54, 1.807) is 30.3 Å². The zero-order valence-corrected chi connectivity index (χ0v) is 17.4. The number of hydrogen-bond acceptors (Lipinski definition) is 3. The number of amides is 3. The second kappa shape index (κ2) is 10.8. The van der Waals surface area contributed by atoms with Crippen LogP contribution in [0.2, 0.25) is 5.02 Å². The van der Waals surface area contributed by atoms with Crippen molar-refractivity contribution in [3.8, 4) is 6.07 Å². The van der Waals surface area contributed by atoms with E-state index in [2.05, 4.69) is 22.0 Å². The molecule has 0 radical (unpaired) electrons. The molecule has 0 aromatic heterocycles. The summed E-state index contributed by atoms with van der Waals surface area (Å²) < 4.78 is 0. The summed E-state index contributed by atoms with van der Waals surface area (Å²) in [5, 5.41) is 18.1. The first kappa shape index (κ1) is 21.9. The Labute approximate surface area is 185 Å². The monoisotopic (exact) mass is 432 g/mol. The Balaban J connectivity index is 1.52. The number of hydrogen-bond donors (Lipinski definition) is 3. The molecule has 0 aliphatic carbocycles. The second-order valence-corrected chi connectivity index (χ2v) is 7.16. The Morgan fingerprint density at radius 3 is 2.23 bits per heavy atom. The third-order valence-electron chi connectivity index (χ3n) is 4.53. The number of benzene rings is 3. The molecule has 0 saturated carbocycles. The van der Waals surface area contributed by atoms with Crippen LogP contribution in [0.1, 0.15) is 23.5 Å². The highest BCUT2D eigenvalue weighted by Crippen LogP contribution is 2.31. The van der Waals surface area contributed by atoms with Crippen molar-refractivity contribution in [3.63, 3.8) is 0 Å². The SMILES string of the molecule is N#CC(c1ccccc1)c1ccc(NC(=O)CCNC(=O)Nc2ccccc2)cc1Cl. The summed E-state index contributed by atoms with van der Waals surface area (Å²) in [4.78, 5) is 24.0. The first-order valence-corrected chi connectivity index (χ1v) is 10.1. The Hall–Kier alpha value is -3.82. The van der Waals surface area contributed by atoms with Crippen molar-refractivity contribution in [3.05, 3.63) is 95.0 Å². The predicted octanol–water partition coefficient (Wildman–Crippen LogP) is 5.15. The molecule has 0 saturated heterocycles. The van der Waals surface area contributed by atoms with Gasteiger partial charge in [0.25, 0.3) is 0 Å². The topological polar surface area (TPSA) is 94.0 Å². The predicted molar refractivity (Wildman–Crippen MR) is 122 cm³/mol. The van der Waals surface area contributed by atoms with Gasteiger partial charge in [-0.25, -0.2) is 4.79 Å². The summed E-state index contributed by atoms with van der Waals surface area (Å²) in [5.74, 6) is -0.755. The van der Waals surface area contributed by atoms with Crippen molar-refractivity contribution >= 4 is 34.9 Å². The molecule has 0 fully saturated rings. The lowest BCUT2D eigenvalue weighted by molar-refractivity contribution is -0.116. The van der Waals surface area contributed by atoms with Gasteiger partial charge in [-0.3, -0.25) is 4.79 Å².